The Bertz CT molecular complexity index is 400. The predicted octanol–water partition coefficient (Wildman–Crippen LogP) is 4.50. The molecule has 0 amide bonds. The van der Waals surface area contributed by atoms with Crippen molar-refractivity contribution >= 4 is 11.6 Å². The second kappa shape index (κ2) is 8.18. The molecule has 1 fully saturated rings. The SMILES string of the molecule is CC(C)C/C=C/C(=O)C1C(=O)CCC/C1=C\CC(C)C. The summed E-state index contributed by atoms with van der Waals surface area (Å²) >= 11 is 0. The third kappa shape index (κ3) is 5.44. The summed E-state index contributed by atoms with van der Waals surface area (Å²) < 4.78 is 0. The van der Waals surface area contributed by atoms with Crippen molar-refractivity contribution in [3.63, 3.8) is 0 Å². The van der Waals surface area contributed by atoms with Gasteiger partial charge in [-0.1, -0.05) is 45.4 Å². The zero-order valence-electron chi connectivity index (χ0n) is 13.3. The Morgan fingerprint density at radius 1 is 1.15 bits per heavy atom. The molecule has 1 aliphatic rings. The molecular weight excluding hydrogens is 248 g/mol. The standard InChI is InChI=1S/C18H28O2/c1-13(2)7-5-9-16(19)18-15(12-11-14(3)4)8-6-10-17(18)20/h5,9,12-14,18H,6-8,10-11H2,1-4H3/b9-5+,15-12+. The number of rotatable bonds is 6. The minimum Gasteiger partial charge on any atom is -0.299 e. The lowest BCUT2D eigenvalue weighted by Crippen LogP contribution is -2.28. The van der Waals surface area contributed by atoms with Crippen LogP contribution in [0.2, 0.25) is 0 Å². The summed E-state index contributed by atoms with van der Waals surface area (Å²) in [4.78, 5) is 24.4. The largest absolute Gasteiger partial charge is 0.299 e. The molecule has 0 aromatic heterocycles. The summed E-state index contributed by atoms with van der Waals surface area (Å²) in [7, 11) is 0. The number of carbonyl (C=O) groups excluding carboxylic acids is 2. The summed E-state index contributed by atoms with van der Waals surface area (Å²) in [5, 5.41) is 0. The zero-order chi connectivity index (χ0) is 15.1. The lowest BCUT2D eigenvalue weighted by molar-refractivity contribution is -0.129. The molecule has 0 aromatic rings. The van der Waals surface area contributed by atoms with Crippen LogP contribution in [0.4, 0.5) is 0 Å². The Balaban J connectivity index is 2.79. The van der Waals surface area contributed by atoms with Crippen LogP contribution in [0.5, 0.6) is 0 Å². The van der Waals surface area contributed by atoms with Crippen LogP contribution in [-0.4, -0.2) is 11.6 Å². The number of Topliss-reactive ketones (excluding diaryl/α,β-unsaturated/α-hetero) is 1. The molecule has 0 aromatic carbocycles. The van der Waals surface area contributed by atoms with E-state index in [0.717, 1.165) is 31.3 Å². The predicted molar refractivity (Wildman–Crippen MR) is 83.5 cm³/mol. The molecule has 112 valence electrons. The van der Waals surface area contributed by atoms with Crippen LogP contribution < -0.4 is 0 Å². The van der Waals surface area contributed by atoms with Crippen molar-refractivity contribution in [2.45, 2.75) is 59.8 Å². The Labute approximate surface area is 123 Å². The number of ketones is 2. The topological polar surface area (TPSA) is 34.1 Å². The molecule has 0 bridgehead atoms. The van der Waals surface area contributed by atoms with E-state index in [0.29, 0.717) is 18.3 Å². The third-order valence-electron chi connectivity index (χ3n) is 3.61. The summed E-state index contributed by atoms with van der Waals surface area (Å²) in [6.45, 7) is 8.55. The average molecular weight is 276 g/mol. The fourth-order valence-corrected chi connectivity index (χ4v) is 2.46. The van der Waals surface area contributed by atoms with Gasteiger partial charge in [0.25, 0.3) is 0 Å². The third-order valence-corrected chi connectivity index (χ3v) is 3.61. The zero-order valence-corrected chi connectivity index (χ0v) is 13.3. The monoisotopic (exact) mass is 276 g/mol. The van der Waals surface area contributed by atoms with E-state index >= 15 is 0 Å². The van der Waals surface area contributed by atoms with Gasteiger partial charge in [-0.05, 0) is 43.6 Å². The molecule has 1 rings (SSSR count). The molecule has 0 saturated heterocycles. The minimum atomic E-state index is -0.495. The van der Waals surface area contributed by atoms with Gasteiger partial charge in [-0.15, -0.1) is 0 Å². The molecule has 2 nitrogen and oxygen atoms in total. The number of carbonyl (C=O) groups is 2. The molecule has 0 N–H and O–H groups in total. The molecule has 1 unspecified atom stereocenters. The van der Waals surface area contributed by atoms with Gasteiger partial charge < -0.3 is 0 Å². The molecule has 20 heavy (non-hydrogen) atoms. The molecule has 1 atom stereocenters. The van der Waals surface area contributed by atoms with Gasteiger partial charge in [0.1, 0.15) is 11.7 Å². The van der Waals surface area contributed by atoms with Crippen LogP contribution in [0.25, 0.3) is 0 Å². The fourth-order valence-electron chi connectivity index (χ4n) is 2.46. The molecule has 0 aliphatic heterocycles. The Morgan fingerprint density at radius 2 is 1.80 bits per heavy atom. The average Bonchev–Trinajstić information content (AvgIpc) is 2.35. The molecule has 2 heteroatoms. The second-order valence-electron chi connectivity index (χ2n) is 6.60. The van der Waals surface area contributed by atoms with Crippen molar-refractivity contribution < 1.29 is 9.59 Å². The van der Waals surface area contributed by atoms with Crippen LogP contribution in [0.3, 0.4) is 0 Å². The van der Waals surface area contributed by atoms with Gasteiger partial charge in [0.15, 0.2) is 5.78 Å². The van der Waals surface area contributed by atoms with Crippen LogP contribution in [0.1, 0.15) is 59.8 Å². The fraction of sp³-hybridized carbons (Fsp3) is 0.667. The summed E-state index contributed by atoms with van der Waals surface area (Å²) in [5.74, 6) is 0.686. The summed E-state index contributed by atoms with van der Waals surface area (Å²) in [6.07, 6.45) is 9.83. The van der Waals surface area contributed by atoms with Gasteiger partial charge in [-0.3, -0.25) is 9.59 Å². The van der Waals surface area contributed by atoms with E-state index in [9.17, 15) is 9.59 Å². The molecular formula is C18H28O2. The maximum absolute atomic E-state index is 12.3. The highest BCUT2D eigenvalue weighted by molar-refractivity contribution is 6.10. The van der Waals surface area contributed by atoms with Gasteiger partial charge in [-0.25, -0.2) is 0 Å². The Hall–Kier alpha value is -1.18. The van der Waals surface area contributed by atoms with Gasteiger partial charge in [0.2, 0.25) is 0 Å². The Kier molecular flexibility index (Phi) is 6.90. The second-order valence-corrected chi connectivity index (χ2v) is 6.60. The van der Waals surface area contributed by atoms with E-state index in [2.05, 4.69) is 33.8 Å². The van der Waals surface area contributed by atoms with E-state index in [-0.39, 0.29) is 11.6 Å². The number of hydrogen-bond acceptors (Lipinski definition) is 2. The first kappa shape index (κ1) is 16.9. The highest BCUT2D eigenvalue weighted by Gasteiger charge is 2.31. The van der Waals surface area contributed by atoms with E-state index in [4.69, 9.17) is 0 Å². The molecule has 0 spiro atoms. The first-order chi connectivity index (χ1) is 9.41. The first-order valence-corrected chi connectivity index (χ1v) is 7.83. The summed E-state index contributed by atoms with van der Waals surface area (Å²) in [6, 6.07) is 0. The molecule has 1 saturated carbocycles. The summed E-state index contributed by atoms with van der Waals surface area (Å²) in [5.41, 5.74) is 1.05. The lowest BCUT2D eigenvalue weighted by Gasteiger charge is -2.22. The quantitative estimate of drug-likeness (QED) is 0.406. The van der Waals surface area contributed by atoms with Crippen molar-refractivity contribution in [2.75, 3.05) is 0 Å². The van der Waals surface area contributed by atoms with Crippen molar-refractivity contribution in [3.8, 4) is 0 Å². The highest BCUT2D eigenvalue weighted by atomic mass is 16.1. The van der Waals surface area contributed by atoms with E-state index in [1.165, 1.54) is 0 Å². The van der Waals surface area contributed by atoms with Crippen molar-refractivity contribution in [1.29, 1.82) is 0 Å². The van der Waals surface area contributed by atoms with Crippen LogP contribution in [0, 0.1) is 17.8 Å². The Morgan fingerprint density at radius 3 is 2.40 bits per heavy atom. The van der Waals surface area contributed by atoms with E-state index in [1.54, 1.807) is 6.08 Å². The first-order valence-electron chi connectivity index (χ1n) is 7.83. The molecule has 1 aliphatic carbocycles. The number of allylic oxidation sites excluding steroid dienone is 4. The van der Waals surface area contributed by atoms with Gasteiger partial charge in [0, 0.05) is 6.42 Å². The van der Waals surface area contributed by atoms with E-state index < -0.39 is 5.92 Å². The number of hydrogen-bond donors (Lipinski definition) is 0. The van der Waals surface area contributed by atoms with E-state index in [1.807, 2.05) is 6.08 Å². The normalized spacial score (nSPS) is 22.4. The molecule has 0 radical (unpaired) electrons. The van der Waals surface area contributed by atoms with Gasteiger partial charge in [0.05, 0.1) is 0 Å². The van der Waals surface area contributed by atoms with Crippen LogP contribution >= 0.6 is 0 Å². The van der Waals surface area contributed by atoms with Crippen molar-refractivity contribution in [2.24, 2.45) is 17.8 Å². The minimum absolute atomic E-state index is 0.0228. The molecule has 0 heterocycles. The maximum atomic E-state index is 12.3. The van der Waals surface area contributed by atoms with Crippen molar-refractivity contribution in [3.05, 3.63) is 23.8 Å². The lowest BCUT2D eigenvalue weighted by atomic mass is 9.79. The maximum Gasteiger partial charge on any atom is 0.169 e. The highest BCUT2D eigenvalue weighted by Crippen LogP contribution is 2.29. The van der Waals surface area contributed by atoms with Crippen molar-refractivity contribution in [1.82, 2.24) is 0 Å². The van der Waals surface area contributed by atoms with Gasteiger partial charge >= 0.3 is 0 Å². The smallest absolute Gasteiger partial charge is 0.169 e. The van der Waals surface area contributed by atoms with Gasteiger partial charge in [-0.2, -0.15) is 0 Å². The van der Waals surface area contributed by atoms with Crippen LogP contribution in [0.15, 0.2) is 23.8 Å². The van der Waals surface area contributed by atoms with Crippen LogP contribution in [-0.2, 0) is 9.59 Å².